The van der Waals surface area contributed by atoms with Gasteiger partial charge >= 0.3 is 0 Å². The summed E-state index contributed by atoms with van der Waals surface area (Å²) >= 11 is 6.14. The van der Waals surface area contributed by atoms with Crippen molar-refractivity contribution in [3.05, 3.63) is 0 Å². The highest BCUT2D eigenvalue weighted by molar-refractivity contribution is 6.21. The number of rotatable bonds is 6. The van der Waals surface area contributed by atoms with Gasteiger partial charge in [-0.1, -0.05) is 13.8 Å². The van der Waals surface area contributed by atoms with E-state index in [2.05, 4.69) is 19.2 Å². The minimum Gasteiger partial charge on any atom is -0.385 e. The van der Waals surface area contributed by atoms with Crippen LogP contribution >= 0.6 is 11.6 Å². The highest BCUT2D eigenvalue weighted by atomic mass is 35.5. The van der Waals surface area contributed by atoms with E-state index in [-0.39, 0.29) is 5.41 Å². The lowest BCUT2D eigenvalue weighted by Crippen LogP contribution is -2.57. The quantitative estimate of drug-likeness (QED) is 0.547. The SMILES string of the molecule is COCCCCNC1CC(Cl)C1(C)C. The van der Waals surface area contributed by atoms with Crippen LogP contribution in [0.5, 0.6) is 0 Å². The van der Waals surface area contributed by atoms with Crippen LogP contribution in [0.1, 0.15) is 33.1 Å². The standard InChI is InChI=1S/C11H22ClNO/c1-11(2)9(12)8-10(11)13-6-4-5-7-14-3/h9-10,13H,4-8H2,1-3H3. The summed E-state index contributed by atoms with van der Waals surface area (Å²) in [5.41, 5.74) is 0.267. The number of halogens is 1. The Morgan fingerprint density at radius 1 is 1.43 bits per heavy atom. The van der Waals surface area contributed by atoms with Crippen LogP contribution in [0.2, 0.25) is 0 Å². The van der Waals surface area contributed by atoms with Gasteiger partial charge in [0.15, 0.2) is 0 Å². The second-order valence-electron chi connectivity index (χ2n) is 4.73. The molecule has 0 bridgehead atoms. The summed E-state index contributed by atoms with van der Waals surface area (Å²) < 4.78 is 5.00. The predicted octanol–water partition coefficient (Wildman–Crippen LogP) is 2.41. The van der Waals surface area contributed by atoms with Crippen molar-refractivity contribution in [2.45, 2.75) is 44.5 Å². The minimum atomic E-state index is 0.267. The Morgan fingerprint density at radius 2 is 2.14 bits per heavy atom. The number of alkyl halides is 1. The predicted molar refractivity (Wildman–Crippen MR) is 60.9 cm³/mol. The van der Waals surface area contributed by atoms with E-state index in [4.69, 9.17) is 16.3 Å². The molecule has 0 aromatic heterocycles. The van der Waals surface area contributed by atoms with E-state index >= 15 is 0 Å². The second kappa shape index (κ2) is 5.34. The Hall–Kier alpha value is 0.210. The summed E-state index contributed by atoms with van der Waals surface area (Å²) in [7, 11) is 1.75. The minimum absolute atomic E-state index is 0.267. The second-order valence-corrected chi connectivity index (χ2v) is 5.26. The Kier molecular flexibility index (Phi) is 4.68. The van der Waals surface area contributed by atoms with Crippen molar-refractivity contribution in [2.24, 2.45) is 5.41 Å². The molecule has 0 amide bonds. The van der Waals surface area contributed by atoms with Crippen molar-refractivity contribution in [1.29, 1.82) is 0 Å². The van der Waals surface area contributed by atoms with Crippen molar-refractivity contribution in [3.63, 3.8) is 0 Å². The molecule has 0 aromatic rings. The maximum atomic E-state index is 6.14. The summed E-state index contributed by atoms with van der Waals surface area (Å²) in [5.74, 6) is 0. The topological polar surface area (TPSA) is 21.3 Å². The summed E-state index contributed by atoms with van der Waals surface area (Å²) in [6.45, 7) is 6.43. The molecule has 1 rings (SSSR count). The van der Waals surface area contributed by atoms with E-state index in [1.54, 1.807) is 7.11 Å². The monoisotopic (exact) mass is 219 g/mol. The molecular weight excluding hydrogens is 198 g/mol. The molecule has 3 heteroatoms. The molecule has 0 radical (unpaired) electrons. The fourth-order valence-corrected chi connectivity index (χ4v) is 2.20. The lowest BCUT2D eigenvalue weighted by atomic mass is 9.67. The van der Waals surface area contributed by atoms with Crippen molar-refractivity contribution in [1.82, 2.24) is 5.32 Å². The van der Waals surface area contributed by atoms with Gasteiger partial charge < -0.3 is 10.1 Å². The van der Waals surface area contributed by atoms with Gasteiger partial charge in [0.05, 0.1) is 0 Å². The Balaban J connectivity index is 2.03. The molecule has 0 aromatic carbocycles. The first kappa shape index (κ1) is 12.3. The van der Waals surface area contributed by atoms with Gasteiger partial charge in [0.1, 0.15) is 0 Å². The third-order valence-electron chi connectivity index (χ3n) is 3.31. The van der Waals surface area contributed by atoms with Crippen molar-refractivity contribution < 1.29 is 4.74 Å². The first-order valence-corrected chi connectivity index (χ1v) is 5.89. The van der Waals surface area contributed by atoms with Gasteiger partial charge in [0.2, 0.25) is 0 Å². The zero-order valence-corrected chi connectivity index (χ0v) is 10.2. The normalized spacial score (nSPS) is 30.0. The zero-order valence-electron chi connectivity index (χ0n) is 9.48. The van der Waals surface area contributed by atoms with Gasteiger partial charge in [-0.15, -0.1) is 11.6 Å². The van der Waals surface area contributed by atoms with Crippen LogP contribution < -0.4 is 5.32 Å². The number of hydrogen-bond donors (Lipinski definition) is 1. The van der Waals surface area contributed by atoms with Gasteiger partial charge in [0, 0.05) is 25.1 Å². The molecule has 0 saturated heterocycles. The van der Waals surface area contributed by atoms with Crippen molar-refractivity contribution in [2.75, 3.05) is 20.3 Å². The molecule has 0 spiro atoms. The molecular formula is C11H22ClNO. The van der Waals surface area contributed by atoms with E-state index < -0.39 is 0 Å². The first-order chi connectivity index (χ1) is 6.59. The molecule has 1 aliphatic rings. The first-order valence-electron chi connectivity index (χ1n) is 5.45. The number of nitrogens with one attached hydrogen (secondary N) is 1. The molecule has 1 N–H and O–H groups in total. The fourth-order valence-electron chi connectivity index (χ4n) is 1.87. The lowest BCUT2D eigenvalue weighted by Gasteiger charge is -2.49. The summed E-state index contributed by atoms with van der Waals surface area (Å²) in [4.78, 5) is 0. The molecule has 1 aliphatic carbocycles. The molecule has 2 nitrogen and oxygen atoms in total. The van der Waals surface area contributed by atoms with E-state index in [0.29, 0.717) is 11.4 Å². The largest absolute Gasteiger partial charge is 0.385 e. The average Bonchev–Trinajstić information content (AvgIpc) is 2.16. The van der Waals surface area contributed by atoms with Crippen molar-refractivity contribution in [3.8, 4) is 0 Å². The molecule has 2 unspecified atom stereocenters. The van der Waals surface area contributed by atoms with Crippen LogP contribution in [0, 0.1) is 5.41 Å². The Morgan fingerprint density at radius 3 is 2.64 bits per heavy atom. The van der Waals surface area contributed by atoms with Crippen LogP contribution in [0.15, 0.2) is 0 Å². The van der Waals surface area contributed by atoms with Gasteiger partial charge in [-0.2, -0.15) is 0 Å². The molecule has 84 valence electrons. The molecule has 14 heavy (non-hydrogen) atoms. The molecule has 1 saturated carbocycles. The average molecular weight is 220 g/mol. The third-order valence-corrected chi connectivity index (χ3v) is 4.05. The summed E-state index contributed by atoms with van der Waals surface area (Å²) in [5, 5.41) is 3.90. The fraction of sp³-hybridized carbons (Fsp3) is 1.00. The van der Waals surface area contributed by atoms with Gasteiger partial charge in [0.25, 0.3) is 0 Å². The number of ether oxygens (including phenoxy) is 1. The zero-order chi connectivity index (χ0) is 10.6. The van der Waals surface area contributed by atoms with Crippen molar-refractivity contribution >= 4 is 11.6 Å². The maximum Gasteiger partial charge on any atom is 0.0462 e. The summed E-state index contributed by atoms with van der Waals surface area (Å²) in [6, 6.07) is 0.604. The van der Waals surface area contributed by atoms with Crippen LogP contribution in [0.25, 0.3) is 0 Å². The van der Waals surface area contributed by atoms with Gasteiger partial charge in [-0.3, -0.25) is 0 Å². The Labute approximate surface area is 92.3 Å². The maximum absolute atomic E-state index is 6.14. The van der Waals surface area contributed by atoms with Gasteiger partial charge in [-0.05, 0) is 31.2 Å². The van der Waals surface area contributed by atoms with Crippen LogP contribution in [0.3, 0.4) is 0 Å². The van der Waals surface area contributed by atoms with E-state index in [1.807, 2.05) is 0 Å². The number of unbranched alkanes of at least 4 members (excludes halogenated alkanes) is 1. The van der Waals surface area contributed by atoms with E-state index in [0.717, 1.165) is 26.0 Å². The molecule has 2 atom stereocenters. The van der Waals surface area contributed by atoms with Gasteiger partial charge in [-0.25, -0.2) is 0 Å². The van der Waals surface area contributed by atoms with Crippen LogP contribution in [-0.4, -0.2) is 31.7 Å². The smallest absolute Gasteiger partial charge is 0.0462 e. The van der Waals surface area contributed by atoms with E-state index in [1.165, 1.54) is 6.42 Å². The number of methoxy groups -OCH3 is 1. The molecule has 0 aliphatic heterocycles. The highest BCUT2D eigenvalue weighted by Crippen LogP contribution is 2.44. The molecule has 0 heterocycles. The Bertz CT molecular complexity index is 173. The van der Waals surface area contributed by atoms with Crippen LogP contribution in [0.4, 0.5) is 0 Å². The summed E-state index contributed by atoms with van der Waals surface area (Å²) in [6.07, 6.45) is 3.44. The molecule has 1 fully saturated rings. The van der Waals surface area contributed by atoms with Crippen LogP contribution in [-0.2, 0) is 4.74 Å². The lowest BCUT2D eigenvalue weighted by molar-refractivity contribution is 0.115. The third kappa shape index (κ3) is 2.85. The highest BCUT2D eigenvalue weighted by Gasteiger charge is 2.46. The van der Waals surface area contributed by atoms with E-state index in [9.17, 15) is 0 Å². The number of hydrogen-bond acceptors (Lipinski definition) is 2.